The summed E-state index contributed by atoms with van der Waals surface area (Å²) in [5.41, 5.74) is 3.00. The Kier molecular flexibility index (Phi) is 7.23. The third kappa shape index (κ3) is 3.85. The van der Waals surface area contributed by atoms with Gasteiger partial charge in [-0.1, -0.05) is 53.2 Å². The molecule has 12 atom stereocenters. The summed E-state index contributed by atoms with van der Waals surface area (Å²) < 4.78 is 12.2. The zero-order chi connectivity index (χ0) is 30.6. The van der Waals surface area contributed by atoms with Crippen molar-refractivity contribution in [3.05, 3.63) is 22.8 Å². The van der Waals surface area contributed by atoms with Crippen LogP contribution in [-0.2, 0) is 14.3 Å². The Balaban J connectivity index is 1.33. The molecule has 0 spiro atoms. The molecule has 0 aromatic rings. The zero-order valence-electron chi connectivity index (χ0n) is 26.8. The molecule has 6 rings (SSSR count). The maximum absolute atomic E-state index is 12.9. The normalized spacial score (nSPS) is 51.6. The van der Waals surface area contributed by atoms with Crippen molar-refractivity contribution in [1.82, 2.24) is 0 Å². The van der Waals surface area contributed by atoms with Gasteiger partial charge in [-0.25, -0.2) is 0 Å². The molecule has 3 saturated carbocycles. The Labute approximate surface area is 251 Å². The first-order valence-electron chi connectivity index (χ1n) is 16.5. The monoisotopic (exact) mass is 586 g/mol. The molecule has 7 heteroatoms. The van der Waals surface area contributed by atoms with E-state index in [1.807, 2.05) is 0 Å². The molecule has 0 aromatic heterocycles. The fraction of sp³-hybridized carbons (Fsp3) is 0.857. The molecule has 0 aromatic carbocycles. The van der Waals surface area contributed by atoms with E-state index in [4.69, 9.17) is 9.47 Å². The highest BCUT2D eigenvalue weighted by molar-refractivity contribution is 5.82. The topological polar surface area (TPSA) is 116 Å². The summed E-state index contributed by atoms with van der Waals surface area (Å²) in [5, 5.41) is 41.0. The van der Waals surface area contributed by atoms with Crippen LogP contribution in [-0.4, -0.2) is 63.7 Å². The van der Waals surface area contributed by atoms with Gasteiger partial charge in [0.25, 0.3) is 0 Å². The number of hydrogen-bond donors (Lipinski definition) is 4. The number of aliphatic hydroxyl groups excluding tert-OH is 3. The van der Waals surface area contributed by atoms with Crippen LogP contribution in [0.5, 0.6) is 0 Å². The van der Waals surface area contributed by atoms with Gasteiger partial charge in [0, 0.05) is 0 Å². The Morgan fingerprint density at radius 1 is 0.976 bits per heavy atom. The van der Waals surface area contributed by atoms with E-state index in [2.05, 4.69) is 54.5 Å². The van der Waals surface area contributed by atoms with E-state index in [-0.39, 0.29) is 34.4 Å². The lowest BCUT2D eigenvalue weighted by Crippen LogP contribution is -2.64. The summed E-state index contributed by atoms with van der Waals surface area (Å²) in [4.78, 5) is 12.9. The van der Waals surface area contributed by atoms with Gasteiger partial charge >= 0.3 is 5.97 Å². The van der Waals surface area contributed by atoms with Crippen LogP contribution < -0.4 is 0 Å². The molecule has 12 unspecified atom stereocenters. The maximum atomic E-state index is 12.9. The number of rotatable bonds is 4. The van der Waals surface area contributed by atoms with Gasteiger partial charge in [-0.15, -0.1) is 0 Å². The third-order valence-corrected chi connectivity index (χ3v) is 14.5. The summed E-state index contributed by atoms with van der Waals surface area (Å²) in [6.45, 7) is 16.2. The molecule has 0 radical (unpaired) electrons. The predicted octanol–water partition coefficient (Wildman–Crippen LogP) is 5.62. The molecule has 0 amide bonds. The summed E-state index contributed by atoms with van der Waals surface area (Å²) >= 11 is 0. The quantitative estimate of drug-likeness (QED) is 0.338. The van der Waals surface area contributed by atoms with E-state index in [0.717, 1.165) is 57.8 Å². The molecule has 4 N–H and O–H groups in total. The molecule has 0 bridgehead atoms. The number of carboxylic acids is 1. The van der Waals surface area contributed by atoms with Crippen molar-refractivity contribution in [3.8, 4) is 0 Å². The van der Waals surface area contributed by atoms with E-state index in [1.165, 1.54) is 16.7 Å². The third-order valence-electron chi connectivity index (χ3n) is 14.5. The molecule has 1 aliphatic heterocycles. The SMILES string of the molecule is CC1=C2C3=CCC4C5(C)CCC(OC6OC(CO)C(O)C6O)C(C)(C)C5CCC4(C)C3(C)CCC2(C(=O)O)CCC1C. The first-order chi connectivity index (χ1) is 19.6. The molecule has 42 heavy (non-hydrogen) atoms. The molecule has 236 valence electrons. The highest BCUT2D eigenvalue weighted by Crippen LogP contribution is 2.75. The number of aliphatic hydroxyl groups is 3. The predicted molar refractivity (Wildman–Crippen MR) is 159 cm³/mol. The van der Waals surface area contributed by atoms with Crippen molar-refractivity contribution in [1.29, 1.82) is 0 Å². The molecule has 4 fully saturated rings. The van der Waals surface area contributed by atoms with Gasteiger partial charge in [-0.2, -0.15) is 0 Å². The van der Waals surface area contributed by atoms with Crippen LogP contribution in [0.1, 0.15) is 106 Å². The highest BCUT2D eigenvalue weighted by Gasteiger charge is 2.68. The number of ether oxygens (including phenoxy) is 2. The van der Waals surface area contributed by atoms with E-state index >= 15 is 0 Å². The van der Waals surface area contributed by atoms with E-state index < -0.39 is 36.0 Å². The van der Waals surface area contributed by atoms with Gasteiger partial charge in [0.15, 0.2) is 6.29 Å². The zero-order valence-corrected chi connectivity index (χ0v) is 26.8. The van der Waals surface area contributed by atoms with Crippen LogP contribution in [0.15, 0.2) is 22.8 Å². The lowest BCUT2D eigenvalue weighted by molar-refractivity contribution is -0.258. The first-order valence-corrected chi connectivity index (χ1v) is 16.5. The lowest BCUT2D eigenvalue weighted by Gasteiger charge is -2.70. The number of allylic oxidation sites excluding steroid dienone is 3. The van der Waals surface area contributed by atoms with Crippen molar-refractivity contribution < 1.29 is 34.7 Å². The second-order valence-electron chi connectivity index (χ2n) is 16.3. The van der Waals surface area contributed by atoms with Crippen LogP contribution >= 0.6 is 0 Å². The Hall–Kier alpha value is -1.25. The minimum Gasteiger partial charge on any atom is -0.481 e. The number of carbonyl (C=O) groups is 1. The fourth-order valence-electron chi connectivity index (χ4n) is 11.6. The van der Waals surface area contributed by atoms with Gasteiger partial charge in [0.05, 0.1) is 18.1 Å². The van der Waals surface area contributed by atoms with Crippen LogP contribution in [0, 0.1) is 44.8 Å². The van der Waals surface area contributed by atoms with Crippen molar-refractivity contribution in [2.75, 3.05) is 6.61 Å². The largest absolute Gasteiger partial charge is 0.481 e. The first kappa shape index (κ1) is 30.8. The highest BCUT2D eigenvalue weighted by atomic mass is 16.7. The van der Waals surface area contributed by atoms with Crippen molar-refractivity contribution >= 4 is 5.97 Å². The number of fused-ring (bicyclic) bond motifs is 7. The fourth-order valence-corrected chi connectivity index (χ4v) is 11.6. The second-order valence-corrected chi connectivity index (χ2v) is 16.3. The standard InChI is InChI=1S/C35H54O7/c1-19-10-15-35(30(39)40)17-16-33(6)21(26(35)20(19)2)8-9-24-32(5)13-12-25(31(3,4)23(32)11-14-34(24,33)7)42-29-28(38)27(37)22(18-36)41-29/h8,19,22-25,27-29,36-38H,9-18H2,1-7H3,(H,39,40). The average molecular weight is 587 g/mol. The molecule has 5 aliphatic carbocycles. The second kappa shape index (κ2) is 9.87. The Morgan fingerprint density at radius 2 is 1.69 bits per heavy atom. The van der Waals surface area contributed by atoms with Crippen molar-refractivity contribution in [2.45, 2.75) is 137 Å². The Bertz CT molecular complexity index is 1190. The molecule has 1 heterocycles. The van der Waals surface area contributed by atoms with Gasteiger partial charge in [0.1, 0.15) is 18.3 Å². The minimum atomic E-state index is -1.17. The van der Waals surface area contributed by atoms with E-state index in [0.29, 0.717) is 17.8 Å². The summed E-state index contributed by atoms with van der Waals surface area (Å²) in [5.74, 6) is 0.673. The molecular formula is C35H54O7. The summed E-state index contributed by atoms with van der Waals surface area (Å²) in [7, 11) is 0. The summed E-state index contributed by atoms with van der Waals surface area (Å²) in [6, 6.07) is 0. The Morgan fingerprint density at radius 3 is 2.33 bits per heavy atom. The van der Waals surface area contributed by atoms with Crippen LogP contribution in [0.2, 0.25) is 0 Å². The summed E-state index contributed by atoms with van der Waals surface area (Å²) in [6.07, 6.45) is 6.59. The van der Waals surface area contributed by atoms with Crippen LogP contribution in [0.3, 0.4) is 0 Å². The number of carboxylic acid groups (broad SMARTS) is 1. The van der Waals surface area contributed by atoms with Gasteiger partial charge in [-0.05, 0) is 115 Å². The van der Waals surface area contributed by atoms with Gasteiger partial charge < -0.3 is 29.9 Å². The van der Waals surface area contributed by atoms with E-state index in [1.54, 1.807) is 0 Å². The van der Waals surface area contributed by atoms with Crippen LogP contribution in [0.4, 0.5) is 0 Å². The van der Waals surface area contributed by atoms with Gasteiger partial charge in [0.2, 0.25) is 0 Å². The smallest absolute Gasteiger partial charge is 0.314 e. The van der Waals surface area contributed by atoms with Crippen molar-refractivity contribution in [3.63, 3.8) is 0 Å². The maximum Gasteiger partial charge on any atom is 0.314 e. The molecule has 7 nitrogen and oxygen atoms in total. The molecular weight excluding hydrogens is 532 g/mol. The minimum absolute atomic E-state index is 0.0634. The van der Waals surface area contributed by atoms with E-state index in [9.17, 15) is 25.2 Å². The number of hydrogen-bond acceptors (Lipinski definition) is 6. The average Bonchev–Trinajstić information content (AvgIpc) is 3.20. The molecule has 6 aliphatic rings. The number of aliphatic carboxylic acids is 1. The van der Waals surface area contributed by atoms with Crippen LogP contribution in [0.25, 0.3) is 0 Å². The lowest BCUT2D eigenvalue weighted by atomic mass is 9.34. The van der Waals surface area contributed by atoms with Gasteiger partial charge in [-0.3, -0.25) is 4.79 Å². The molecule has 1 saturated heterocycles. The van der Waals surface area contributed by atoms with Crippen molar-refractivity contribution in [2.24, 2.45) is 44.8 Å².